The molecule has 0 aliphatic carbocycles. The minimum absolute atomic E-state index is 0.0406. The highest BCUT2D eigenvalue weighted by atomic mass is 16.6. The van der Waals surface area contributed by atoms with Crippen LogP contribution in [-0.2, 0) is 25.5 Å². The molecular weight excluding hydrogens is 474 g/mol. The van der Waals surface area contributed by atoms with Crippen molar-refractivity contribution in [1.29, 1.82) is 0 Å². The van der Waals surface area contributed by atoms with E-state index in [1.54, 1.807) is 19.1 Å². The summed E-state index contributed by atoms with van der Waals surface area (Å²) >= 11 is 0. The molecule has 5 rings (SSSR count). The van der Waals surface area contributed by atoms with Crippen molar-refractivity contribution < 1.29 is 28.9 Å². The summed E-state index contributed by atoms with van der Waals surface area (Å²) in [6, 6.07) is 18.6. The lowest BCUT2D eigenvalue weighted by Gasteiger charge is -2.38. The Labute approximate surface area is 214 Å². The van der Waals surface area contributed by atoms with Gasteiger partial charge < -0.3 is 24.6 Å². The number of rotatable bonds is 8. The van der Waals surface area contributed by atoms with Crippen LogP contribution in [0.5, 0.6) is 5.75 Å². The number of hydrogen-bond acceptors (Lipinski definition) is 8. The van der Waals surface area contributed by atoms with Gasteiger partial charge >= 0.3 is 5.97 Å². The molecule has 3 heterocycles. The largest absolute Gasteiger partial charge is 0.487 e. The zero-order valence-electron chi connectivity index (χ0n) is 20.5. The number of fused-ring (bicyclic) bond motifs is 2. The number of aromatic nitrogens is 2. The van der Waals surface area contributed by atoms with Crippen molar-refractivity contribution in [2.75, 3.05) is 12.4 Å². The van der Waals surface area contributed by atoms with Crippen LogP contribution in [0.2, 0.25) is 0 Å². The molecule has 9 nitrogen and oxygen atoms in total. The molecule has 0 saturated carbocycles. The molecule has 0 radical (unpaired) electrons. The highest BCUT2D eigenvalue weighted by molar-refractivity contribution is 6.11. The maximum absolute atomic E-state index is 13.5. The van der Waals surface area contributed by atoms with Crippen LogP contribution in [0.1, 0.15) is 17.8 Å². The number of aryl methyl sites for hydroxylation is 1. The van der Waals surface area contributed by atoms with E-state index in [1.165, 1.54) is 19.5 Å². The number of nitrogens with one attached hydrogen (secondary N) is 1. The van der Waals surface area contributed by atoms with Crippen molar-refractivity contribution in [3.63, 3.8) is 0 Å². The summed E-state index contributed by atoms with van der Waals surface area (Å²) in [6.45, 7) is 1.73. The highest BCUT2D eigenvalue weighted by Crippen LogP contribution is 2.51. The molecule has 9 heteroatoms. The predicted molar refractivity (Wildman–Crippen MR) is 134 cm³/mol. The third-order valence-electron chi connectivity index (χ3n) is 6.69. The number of esters is 1. The van der Waals surface area contributed by atoms with Gasteiger partial charge in [0.25, 0.3) is 5.91 Å². The maximum Gasteiger partial charge on any atom is 0.337 e. The monoisotopic (exact) mass is 501 g/mol. The van der Waals surface area contributed by atoms with E-state index in [1.807, 2.05) is 48.5 Å². The number of methoxy groups -OCH3 is 1. The molecule has 2 bridgehead atoms. The fourth-order valence-electron chi connectivity index (χ4n) is 5.02. The number of carbonyl (C=O) groups is 2. The number of amides is 1. The number of hydrogen-bond donors (Lipinski definition) is 2. The van der Waals surface area contributed by atoms with E-state index in [4.69, 9.17) is 14.2 Å². The first-order valence-corrected chi connectivity index (χ1v) is 12.0. The number of carbonyl (C=O) groups excluding carboxylic acids is 2. The van der Waals surface area contributed by atoms with E-state index in [0.717, 1.165) is 5.56 Å². The highest BCUT2D eigenvalue weighted by Gasteiger charge is 2.66. The molecule has 1 amide bonds. The number of ether oxygens (including phenoxy) is 3. The Morgan fingerprint density at radius 3 is 2.41 bits per heavy atom. The van der Waals surface area contributed by atoms with Gasteiger partial charge in [-0.1, -0.05) is 48.5 Å². The second-order valence-corrected chi connectivity index (χ2v) is 9.01. The van der Waals surface area contributed by atoms with Gasteiger partial charge in [0.05, 0.1) is 48.5 Å². The second-order valence-electron chi connectivity index (χ2n) is 9.01. The molecule has 1 aromatic heterocycles. The van der Waals surface area contributed by atoms with Gasteiger partial charge in [0, 0.05) is 12.8 Å². The zero-order valence-corrected chi connectivity index (χ0v) is 20.5. The van der Waals surface area contributed by atoms with Crippen LogP contribution >= 0.6 is 0 Å². The molecule has 190 valence electrons. The van der Waals surface area contributed by atoms with E-state index in [-0.39, 0.29) is 17.6 Å². The van der Waals surface area contributed by atoms with Crippen molar-refractivity contribution in [2.24, 2.45) is 0 Å². The molecule has 37 heavy (non-hydrogen) atoms. The van der Waals surface area contributed by atoms with E-state index in [0.29, 0.717) is 23.7 Å². The molecular formula is C28H27N3O6. The first-order valence-electron chi connectivity index (χ1n) is 12.0. The van der Waals surface area contributed by atoms with Gasteiger partial charge in [0.1, 0.15) is 17.7 Å². The van der Waals surface area contributed by atoms with E-state index in [2.05, 4.69) is 15.3 Å². The van der Waals surface area contributed by atoms with Crippen molar-refractivity contribution in [3.05, 3.63) is 95.6 Å². The second kappa shape index (κ2) is 10.1. The average molecular weight is 502 g/mol. The number of benzene rings is 2. The molecule has 0 spiro atoms. The average Bonchev–Trinajstić information content (AvgIpc) is 3.43. The normalized spacial score (nSPS) is 23.0. The topological polar surface area (TPSA) is 120 Å². The molecule has 4 unspecified atom stereocenters. The van der Waals surface area contributed by atoms with Crippen molar-refractivity contribution in [2.45, 2.75) is 43.7 Å². The number of aliphatic hydroxyl groups excluding tert-OH is 1. The Kier molecular flexibility index (Phi) is 6.73. The van der Waals surface area contributed by atoms with Crippen molar-refractivity contribution in [3.8, 4) is 5.75 Å². The number of nitrogens with zero attached hydrogens (tertiary/aromatic N) is 2. The third kappa shape index (κ3) is 4.59. The standard InChI is InChI=1S/C28H27N3O6/c1-17-29-15-19(16-30-17)31-26(33)24-21-14-22(32)28(37-21,25(24)27(34)35-2)23(13-18-9-5-3-6-10-18)36-20-11-7-4-8-12-20/h3-12,15-16,21-23,32H,13-14H2,1-2H3,(H,31,33). The Bertz CT molecular complexity index is 1270. The minimum Gasteiger partial charge on any atom is -0.487 e. The number of para-hydroxylation sites is 1. The summed E-state index contributed by atoms with van der Waals surface area (Å²) in [7, 11) is 1.23. The molecule has 2 aliphatic heterocycles. The van der Waals surface area contributed by atoms with Gasteiger partial charge in [0.15, 0.2) is 5.60 Å². The summed E-state index contributed by atoms with van der Waals surface area (Å²) in [5, 5.41) is 14.1. The van der Waals surface area contributed by atoms with Gasteiger partial charge in [-0.05, 0) is 24.6 Å². The van der Waals surface area contributed by atoms with Gasteiger partial charge in [-0.3, -0.25) is 4.79 Å². The van der Waals surface area contributed by atoms with Gasteiger partial charge in [-0.15, -0.1) is 0 Å². The Hall–Kier alpha value is -4.08. The fourth-order valence-corrected chi connectivity index (χ4v) is 5.02. The predicted octanol–water partition coefficient (Wildman–Crippen LogP) is 2.79. The zero-order chi connectivity index (χ0) is 26.0. The summed E-state index contributed by atoms with van der Waals surface area (Å²) in [5.41, 5.74) is -0.282. The van der Waals surface area contributed by atoms with E-state index in [9.17, 15) is 14.7 Å². The molecule has 3 aromatic rings. The van der Waals surface area contributed by atoms with Crippen LogP contribution in [0.25, 0.3) is 0 Å². The van der Waals surface area contributed by atoms with Crippen LogP contribution in [0.3, 0.4) is 0 Å². The first kappa shape index (κ1) is 24.6. The Balaban J connectivity index is 1.59. The van der Waals surface area contributed by atoms with Gasteiger partial charge in [-0.2, -0.15) is 0 Å². The number of aliphatic hydroxyl groups is 1. The molecule has 1 saturated heterocycles. The lowest BCUT2D eigenvalue weighted by Crippen LogP contribution is -2.56. The Morgan fingerprint density at radius 2 is 1.76 bits per heavy atom. The van der Waals surface area contributed by atoms with Crippen LogP contribution in [0.15, 0.2) is 84.2 Å². The van der Waals surface area contributed by atoms with E-state index < -0.39 is 35.8 Å². The molecule has 2 N–H and O–H groups in total. The fraction of sp³-hybridized carbons (Fsp3) is 0.286. The van der Waals surface area contributed by atoms with Crippen LogP contribution in [-0.4, -0.2) is 58.0 Å². The van der Waals surface area contributed by atoms with Gasteiger partial charge in [-0.25, -0.2) is 14.8 Å². The van der Waals surface area contributed by atoms with Crippen molar-refractivity contribution >= 4 is 17.6 Å². The molecule has 2 aliphatic rings. The van der Waals surface area contributed by atoms with Crippen LogP contribution in [0, 0.1) is 6.92 Å². The lowest BCUT2D eigenvalue weighted by molar-refractivity contribution is -0.145. The Morgan fingerprint density at radius 1 is 1.11 bits per heavy atom. The lowest BCUT2D eigenvalue weighted by atomic mass is 9.74. The minimum atomic E-state index is -1.63. The van der Waals surface area contributed by atoms with Crippen LogP contribution < -0.4 is 10.1 Å². The SMILES string of the molecule is COC(=O)C1=C(C(=O)Nc2cnc(C)nc2)C2CC(O)C1(C(Cc1ccccc1)Oc1ccccc1)O2. The molecule has 1 fully saturated rings. The van der Waals surface area contributed by atoms with E-state index >= 15 is 0 Å². The van der Waals surface area contributed by atoms with Gasteiger partial charge in [0.2, 0.25) is 0 Å². The van der Waals surface area contributed by atoms with Crippen LogP contribution in [0.4, 0.5) is 5.69 Å². The molecule has 4 atom stereocenters. The first-order chi connectivity index (χ1) is 17.9. The summed E-state index contributed by atoms with van der Waals surface area (Å²) in [4.78, 5) is 34.9. The molecule has 2 aromatic carbocycles. The quantitative estimate of drug-likeness (QED) is 0.452. The summed E-state index contributed by atoms with van der Waals surface area (Å²) < 4.78 is 17.9. The van der Waals surface area contributed by atoms with Crippen molar-refractivity contribution in [1.82, 2.24) is 9.97 Å². The maximum atomic E-state index is 13.5. The third-order valence-corrected chi connectivity index (χ3v) is 6.69. The smallest absolute Gasteiger partial charge is 0.337 e. The summed E-state index contributed by atoms with van der Waals surface area (Å²) in [6.07, 6.45) is 0.607. The summed E-state index contributed by atoms with van der Waals surface area (Å²) in [5.74, 6) is -0.221. The number of anilines is 1.